The molecule has 0 heterocycles. The molecular formula is C15H21FN2O. The van der Waals surface area contributed by atoms with Gasteiger partial charge < -0.3 is 10.6 Å². The highest BCUT2D eigenvalue weighted by molar-refractivity contribution is 5.90. The molecule has 1 saturated carbocycles. The van der Waals surface area contributed by atoms with Crippen LogP contribution in [0.4, 0.5) is 14.9 Å². The van der Waals surface area contributed by atoms with Gasteiger partial charge in [0.25, 0.3) is 0 Å². The number of aryl methyl sites for hydroxylation is 1. The first kappa shape index (κ1) is 13.8. The Morgan fingerprint density at radius 3 is 2.47 bits per heavy atom. The first-order valence-corrected chi connectivity index (χ1v) is 6.65. The van der Waals surface area contributed by atoms with E-state index in [1.54, 1.807) is 6.07 Å². The summed E-state index contributed by atoms with van der Waals surface area (Å²) < 4.78 is 13.9. The number of hydrogen-bond acceptors (Lipinski definition) is 1. The van der Waals surface area contributed by atoms with Crippen LogP contribution in [-0.4, -0.2) is 12.1 Å². The summed E-state index contributed by atoms with van der Waals surface area (Å²) in [5, 5.41) is 5.38. The lowest BCUT2D eigenvalue weighted by Gasteiger charge is -2.23. The van der Waals surface area contributed by atoms with Crippen molar-refractivity contribution in [1.82, 2.24) is 5.32 Å². The van der Waals surface area contributed by atoms with Crippen molar-refractivity contribution in [2.75, 3.05) is 5.32 Å². The number of amides is 2. The molecule has 1 aliphatic rings. The van der Waals surface area contributed by atoms with Crippen LogP contribution in [0.5, 0.6) is 0 Å². The molecule has 2 rings (SSSR count). The molecule has 2 amide bonds. The smallest absolute Gasteiger partial charge is 0.319 e. The number of rotatable bonds is 2. The molecule has 0 bridgehead atoms. The van der Waals surface area contributed by atoms with Crippen molar-refractivity contribution in [3.8, 4) is 0 Å². The molecular weight excluding hydrogens is 243 g/mol. The second-order valence-corrected chi connectivity index (χ2v) is 6.27. The molecule has 2 N–H and O–H groups in total. The van der Waals surface area contributed by atoms with Crippen LogP contribution in [-0.2, 0) is 5.41 Å². The van der Waals surface area contributed by atoms with Crippen LogP contribution in [0, 0.1) is 12.7 Å². The van der Waals surface area contributed by atoms with Crippen molar-refractivity contribution in [1.29, 1.82) is 0 Å². The summed E-state index contributed by atoms with van der Waals surface area (Å²) in [6, 6.07) is 3.14. The average Bonchev–Trinajstić information content (AvgIpc) is 3.04. The number of carbonyl (C=O) groups excluding carboxylic acids is 1. The number of nitrogens with one attached hydrogen (secondary N) is 2. The lowest BCUT2D eigenvalue weighted by atomic mass is 9.84. The Bertz CT molecular complexity index is 502. The highest BCUT2D eigenvalue weighted by Crippen LogP contribution is 2.30. The monoisotopic (exact) mass is 264 g/mol. The standard InChI is InChI=1S/C15H21FN2O/c1-9-7-12(16)13(8-11(9)15(2,3)4)18-14(19)17-10-5-6-10/h7-8,10H,5-6H2,1-4H3,(H2,17,18,19). The number of hydrogen-bond donors (Lipinski definition) is 2. The molecule has 0 aliphatic heterocycles. The fourth-order valence-corrected chi connectivity index (χ4v) is 2.15. The molecule has 4 heteroatoms. The summed E-state index contributed by atoms with van der Waals surface area (Å²) in [6.07, 6.45) is 2.02. The Labute approximate surface area is 113 Å². The zero-order valence-electron chi connectivity index (χ0n) is 11.9. The quantitative estimate of drug-likeness (QED) is 0.840. The Balaban J connectivity index is 2.21. The molecule has 0 spiro atoms. The van der Waals surface area contributed by atoms with Gasteiger partial charge in [-0.15, -0.1) is 0 Å². The second-order valence-electron chi connectivity index (χ2n) is 6.27. The molecule has 0 atom stereocenters. The zero-order valence-corrected chi connectivity index (χ0v) is 11.9. The van der Waals surface area contributed by atoms with Gasteiger partial charge in [0.2, 0.25) is 0 Å². The molecule has 1 fully saturated rings. The molecule has 0 aromatic heterocycles. The van der Waals surface area contributed by atoms with Crippen molar-refractivity contribution >= 4 is 11.7 Å². The van der Waals surface area contributed by atoms with Crippen molar-refractivity contribution in [2.24, 2.45) is 0 Å². The van der Waals surface area contributed by atoms with E-state index in [-0.39, 0.29) is 23.2 Å². The largest absolute Gasteiger partial charge is 0.335 e. The van der Waals surface area contributed by atoms with Crippen LogP contribution in [0.15, 0.2) is 12.1 Å². The Morgan fingerprint density at radius 2 is 1.95 bits per heavy atom. The normalized spacial score (nSPS) is 15.2. The zero-order chi connectivity index (χ0) is 14.2. The summed E-state index contributed by atoms with van der Waals surface area (Å²) in [6.45, 7) is 8.10. The molecule has 1 aliphatic carbocycles. The molecule has 0 saturated heterocycles. The highest BCUT2D eigenvalue weighted by Gasteiger charge is 2.24. The van der Waals surface area contributed by atoms with Crippen LogP contribution < -0.4 is 10.6 Å². The van der Waals surface area contributed by atoms with Crippen LogP contribution in [0.2, 0.25) is 0 Å². The van der Waals surface area contributed by atoms with Crippen LogP contribution in [0.1, 0.15) is 44.7 Å². The minimum Gasteiger partial charge on any atom is -0.335 e. The minimum absolute atomic E-state index is 0.0822. The summed E-state index contributed by atoms with van der Waals surface area (Å²) in [7, 11) is 0. The Hall–Kier alpha value is -1.58. The van der Waals surface area contributed by atoms with E-state index in [1.165, 1.54) is 6.07 Å². The molecule has 0 radical (unpaired) electrons. The summed E-state index contributed by atoms with van der Waals surface area (Å²) in [5.74, 6) is -0.392. The van der Waals surface area contributed by atoms with E-state index in [0.717, 1.165) is 24.0 Å². The number of halogens is 1. The van der Waals surface area contributed by atoms with Gasteiger partial charge in [0.15, 0.2) is 0 Å². The molecule has 104 valence electrons. The third-order valence-electron chi connectivity index (χ3n) is 3.28. The number of anilines is 1. The maximum atomic E-state index is 13.9. The molecule has 1 aromatic carbocycles. The Kier molecular flexibility index (Phi) is 3.52. The topological polar surface area (TPSA) is 41.1 Å². The predicted octanol–water partition coefficient (Wildman–Crippen LogP) is 3.72. The molecule has 1 aromatic rings. The number of carbonyl (C=O) groups is 1. The predicted molar refractivity (Wildman–Crippen MR) is 75.0 cm³/mol. The maximum absolute atomic E-state index is 13.9. The number of urea groups is 1. The highest BCUT2D eigenvalue weighted by atomic mass is 19.1. The average molecular weight is 264 g/mol. The van der Waals surface area contributed by atoms with E-state index in [0.29, 0.717) is 0 Å². The van der Waals surface area contributed by atoms with Crippen LogP contribution >= 0.6 is 0 Å². The van der Waals surface area contributed by atoms with Crippen molar-refractivity contribution in [3.63, 3.8) is 0 Å². The second kappa shape index (κ2) is 4.83. The van der Waals surface area contributed by atoms with Gasteiger partial charge >= 0.3 is 6.03 Å². The van der Waals surface area contributed by atoms with Crippen molar-refractivity contribution < 1.29 is 9.18 Å². The van der Waals surface area contributed by atoms with Gasteiger partial charge in [-0.25, -0.2) is 9.18 Å². The first-order chi connectivity index (χ1) is 8.77. The van der Waals surface area contributed by atoms with E-state index in [4.69, 9.17) is 0 Å². The fraction of sp³-hybridized carbons (Fsp3) is 0.533. The van der Waals surface area contributed by atoms with Crippen molar-refractivity contribution in [3.05, 3.63) is 29.1 Å². The summed E-state index contributed by atoms with van der Waals surface area (Å²) in [4.78, 5) is 11.7. The third-order valence-corrected chi connectivity index (χ3v) is 3.28. The fourth-order valence-electron chi connectivity index (χ4n) is 2.15. The lowest BCUT2D eigenvalue weighted by Crippen LogP contribution is -2.31. The molecule has 0 unspecified atom stereocenters. The minimum atomic E-state index is -0.392. The third kappa shape index (κ3) is 3.46. The maximum Gasteiger partial charge on any atom is 0.319 e. The summed E-state index contributed by atoms with van der Waals surface area (Å²) >= 11 is 0. The van der Waals surface area contributed by atoms with Gasteiger partial charge in [-0.1, -0.05) is 20.8 Å². The lowest BCUT2D eigenvalue weighted by molar-refractivity contribution is 0.251. The van der Waals surface area contributed by atoms with E-state index >= 15 is 0 Å². The SMILES string of the molecule is Cc1cc(F)c(NC(=O)NC2CC2)cc1C(C)(C)C. The Morgan fingerprint density at radius 1 is 1.32 bits per heavy atom. The van der Waals surface area contributed by atoms with Gasteiger partial charge in [0, 0.05) is 6.04 Å². The van der Waals surface area contributed by atoms with Gasteiger partial charge in [-0.05, 0) is 48.4 Å². The summed E-state index contributed by atoms with van der Waals surface area (Å²) in [5.41, 5.74) is 2.10. The number of benzene rings is 1. The van der Waals surface area contributed by atoms with E-state index in [1.807, 2.05) is 6.92 Å². The van der Waals surface area contributed by atoms with Gasteiger partial charge in [0.1, 0.15) is 5.82 Å². The van der Waals surface area contributed by atoms with E-state index in [9.17, 15) is 9.18 Å². The van der Waals surface area contributed by atoms with Gasteiger partial charge in [-0.2, -0.15) is 0 Å². The van der Waals surface area contributed by atoms with E-state index in [2.05, 4.69) is 31.4 Å². The van der Waals surface area contributed by atoms with E-state index < -0.39 is 5.82 Å². The van der Waals surface area contributed by atoms with Gasteiger partial charge in [0.05, 0.1) is 5.69 Å². The van der Waals surface area contributed by atoms with Crippen LogP contribution in [0.3, 0.4) is 0 Å². The van der Waals surface area contributed by atoms with Gasteiger partial charge in [-0.3, -0.25) is 0 Å². The molecule has 3 nitrogen and oxygen atoms in total. The van der Waals surface area contributed by atoms with Crippen LogP contribution in [0.25, 0.3) is 0 Å². The first-order valence-electron chi connectivity index (χ1n) is 6.65. The molecule has 19 heavy (non-hydrogen) atoms. The van der Waals surface area contributed by atoms with Crippen molar-refractivity contribution in [2.45, 2.75) is 52.0 Å².